The van der Waals surface area contributed by atoms with E-state index in [4.69, 9.17) is 0 Å². The third kappa shape index (κ3) is 1.28. The molecule has 72 valence electrons. The highest BCUT2D eigenvalue weighted by atomic mass is 19.3. The fourth-order valence-electron chi connectivity index (χ4n) is 1.36. The van der Waals surface area contributed by atoms with Crippen molar-refractivity contribution in [1.29, 1.82) is 0 Å². The van der Waals surface area contributed by atoms with Crippen LogP contribution in [0, 0.1) is 0 Å². The summed E-state index contributed by atoms with van der Waals surface area (Å²) in [5, 5.41) is 9.74. The molecule has 1 heterocycles. The molecule has 0 radical (unpaired) electrons. The molecular weight excluding hydrogens is 188 g/mol. The Hall–Kier alpha value is -1.71. The van der Waals surface area contributed by atoms with Gasteiger partial charge in [0, 0.05) is 17.1 Å². The molecule has 0 saturated heterocycles. The molecule has 1 aromatic heterocycles. The SMILES string of the molecule is Oc1ccc(C(F)F)c2ncccc12. The van der Waals surface area contributed by atoms with Crippen LogP contribution in [0.3, 0.4) is 0 Å². The molecule has 1 aromatic carbocycles. The van der Waals surface area contributed by atoms with Gasteiger partial charge in [-0.2, -0.15) is 0 Å². The van der Waals surface area contributed by atoms with Crippen molar-refractivity contribution in [3.05, 3.63) is 36.0 Å². The van der Waals surface area contributed by atoms with E-state index in [9.17, 15) is 13.9 Å². The Morgan fingerprint density at radius 2 is 2.00 bits per heavy atom. The monoisotopic (exact) mass is 195 g/mol. The molecule has 2 rings (SSSR count). The van der Waals surface area contributed by atoms with Gasteiger partial charge in [-0.05, 0) is 24.3 Å². The van der Waals surface area contributed by atoms with E-state index in [0.29, 0.717) is 5.39 Å². The number of nitrogens with zero attached hydrogens (tertiary/aromatic N) is 1. The first kappa shape index (κ1) is 8.87. The summed E-state index contributed by atoms with van der Waals surface area (Å²) in [6, 6.07) is 5.60. The fraction of sp³-hybridized carbons (Fsp3) is 0.100. The quantitative estimate of drug-likeness (QED) is 0.758. The van der Waals surface area contributed by atoms with Gasteiger partial charge >= 0.3 is 0 Å². The van der Waals surface area contributed by atoms with Gasteiger partial charge in [0.2, 0.25) is 0 Å². The first-order valence-corrected chi connectivity index (χ1v) is 4.05. The molecular formula is C10H7F2NO. The molecule has 0 fully saturated rings. The highest BCUT2D eigenvalue weighted by molar-refractivity contribution is 5.87. The molecule has 2 nitrogen and oxygen atoms in total. The van der Waals surface area contributed by atoms with E-state index in [1.54, 1.807) is 12.1 Å². The lowest BCUT2D eigenvalue weighted by Gasteiger charge is -2.05. The standard InChI is InChI=1S/C10H7F2NO/c11-10(12)7-3-4-8(14)6-2-1-5-13-9(6)7/h1-5,10,14H. The number of halogens is 2. The van der Waals surface area contributed by atoms with E-state index < -0.39 is 6.43 Å². The van der Waals surface area contributed by atoms with Crippen LogP contribution < -0.4 is 0 Å². The lowest BCUT2D eigenvalue weighted by molar-refractivity contribution is 0.153. The average Bonchev–Trinajstić information content (AvgIpc) is 2.18. The van der Waals surface area contributed by atoms with E-state index in [2.05, 4.69) is 4.98 Å². The third-order valence-corrected chi connectivity index (χ3v) is 2.01. The van der Waals surface area contributed by atoms with Gasteiger partial charge in [0.1, 0.15) is 5.75 Å². The van der Waals surface area contributed by atoms with Crippen molar-refractivity contribution in [2.24, 2.45) is 0 Å². The zero-order chi connectivity index (χ0) is 10.1. The maximum atomic E-state index is 12.5. The lowest BCUT2D eigenvalue weighted by Crippen LogP contribution is -1.89. The Morgan fingerprint density at radius 1 is 1.21 bits per heavy atom. The van der Waals surface area contributed by atoms with Gasteiger partial charge in [0.25, 0.3) is 6.43 Å². The summed E-state index contributed by atoms with van der Waals surface area (Å²) in [5.41, 5.74) is 0.000833. The van der Waals surface area contributed by atoms with Crippen LogP contribution in [-0.2, 0) is 0 Å². The summed E-state index contributed by atoms with van der Waals surface area (Å²) in [6.45, 7) is 0. The number of phenolic OH excluding ortho intramolecular Hbond substituents is 1. The second kappa shape index (κ2) is 3.21. The lowest BCUT2D eigenvalue weighted by atomic mass is 10.1. The summed E-state index contributed by atoms with van der Waals surface area (Å²) in [6.07, 6.45) is -1.15. The summed E-state index contributed by atoms with van der Waals surface area (Å²) >= 11 is 0. The number of phenols is 1. The predicted molar refractivity (Wildman–Crippen MR) is 48.4 cm³/mol. The van der Waals surface area contributed by atoms with Gasteiger partial charge in [-0.3, -0.25) is 4.98 Å². The zero-order valence-corrected chi connectivity index (χ0v) is 7.11. The number of hydrogen-bond acceptors (Lipinski definition) is 2. The number of hydrogen-bond donors (Lipinski definition) is 1. The highest BCUT2D eigenvalue weighted by Crippen LogP contribution is 2.31. The van der Waals surface area contributed by atoms with E-state index in [1.165, 1.54) is 18.3 Å². The molecule has 2 aromatic rings. The fourth-order valence-corrected chi connectivity index (χ4v) is 1.36. The molecule has 14 heavy (non-hydrogen) atoms. The number of aromatic hydroxyl groups is 1. The normalized spacial score (nSPS) is 11.1. The van der Waals surface area contributed by atoms with Crippen LogP contribution >= 0.6 is 0 Å². The van der Waals surface area contributed by atoms with Gasteiger partial charge in [-0.15, -0.1) is 0 Å². The smallest absolute Gasteiger partial charge is 0.265 e. The van der Waals surface area contributed by atoms with E-state index in [-0.39, 0.29) is 16.8 Å². The Morgan fingerprint density at radius 3 is 2.71 bits per heavy atom. The van der Waals surface area contributed by atoms with Gasteiger partial charge < -0.3 is 5.11 Å². The zero-order valence-electron chi connectivity index (χ0n) is 7.11. The molecule has 4 heteroatoms. The van der Waals surface area contributed by atoms with Crippen molar-refractivity contribution >= 4 is 10.9 Å². The summed E-state index contributed by atoms with van der Waals surface area (Å²) in [7, 11) is 0. The molecule has 0 aliphatic carbocycles. The first-order chi connectivity index (χ1) is 6.70. The predicted octanol–water partition coefficient (Wildman–Crippen LogP) is 2.88. The van der Waals surface area contributed by atoms with E-state index >= 15 is 0 Å². The Bertz CT molecular complexity index is 471. The van der Waals surface area contributed by atoms with Crippen LogP contribution in [0.25, 0.3) is 10.9 Å². The minimum absolute atomic E-state index is 0.0301. The topological polar surface area (TPSA) is 33.1 Å². The Kier molecular flexibility index (Phi) is 2.04. The molecule has 0 unspecified atom stereocenters. The van der Waals surface area contributed by atoms with Gasteiger partial charge in [-0.25, -0.2) is 8.78 Å². The minimum Gasteiger partial charge on any atom is -0.507 e. The average molecular weight is 195 g/mol. The molecule has 0 spiro atoms. The largest absolute Gasteiger partial charge is 0.507 e. The van der Waals surface area contributed by atoms with Crippen molar-refractivity contribution in [3.63, 3.8) is 0 Å². The first-order valence-electron chi connectivity index (χ1n) is 4.05. The van der Waals surface area contributed by atoms with Crippen molar-refractivity contribution in [2.75, 3.05) is 0 Å². The van der Waals surface area contributed by atoms with Crippen LogP contribution in [0.15, 0.2) is 30.5 Å². The third-order valence-electron chi connectivity index (χ3n) is 2.01. The molecule has 0 aliphatic rings. The molecule has 0 atom stereocenters. The maximum absolute atomic E-state index is 12.5. The van der Waals surface area contributed by atoms with E-state index in [0.717, 1.165) is 0 Å². The van der Waals surface area contributed by atoms with Gasteiger partial charge in [0.15, 0.2) is 0 Å². The van der Waals surface area contributed by atoms with Crippen LogP contribution in [0.5, 0.6) is 5.75 Å². The second-order valence-corrected chi connectivity index (χ2v) is 2.87. The van der Waals surface area contributed by atoms with Crippen molar-refractivity contribution < 1.29 is 13.9 Å². The minimum atomic E-state index is -2.58. The summed E-state index contributed by atoms with van der Waals surface area (Å²) < 4.78 is 25.0. The van der Waals surface area contributed by atoms with Crippen LogP contribution in [0.2, 0.25) is 0 Å². The molecule has 1 N–H and O–H groups in total. The molecule has 0 aliphatic heterocycles. The maximum Gasteiger partial charge on any atom is 0.265 e. The summed E-state index contributed by atoms with van der Waals surface area (Å²) in [5.74, 6) is -0.0301. The van der Waals surface area contributed by atoms with Crippen molar-refractivity contribution in [1.82, 2.24) is 4.98 Å². The van der Waals surface area contributed by atoms with Crippen LogP contribution in [0.1, 0.15) is 12.0 Å². The number of fused-ring (bicyclic) bond motifs is 1. The van der Waals surface area contributed by atoms with Crippen molar-refractivity contribution in [2.45, 2.75) is 6.43 Å². The molecule has 0 bridgehead atoms. The van der Waals surface area contributed by atoms with Gasteiger partial charge in [-0.1, -0.05) is 0 Å². The number of pyridine rings is 1. The Balaban J connectivity index is 2.82. The van der Waals surface area contributed by atoms with Crippen LogP contribution in [0.4, 0.5) is 8.78 Å². The highest BCUT2D eigenvalue weighted by Gasteiger charge is 2.13. The number of aromatic nitrogens is 1. The van der Waals surface area contributed by atoms with Crippen molar-refractivity contribution in [3.8, 4) is 5.75 Å². The number of rotatable bonds is 1. The number of alkyl halides is 2. The van der Waals surface area contributed by atoms with Gasteiger partial charge in [0.05, 0.1) is 5.52 Å². The van der Waals surface area contributed by atoms with E-state index in [1.807, 2.05) is 0 Å². The molecule has 0 saturated carbocycles. The summed E-state index contributed by atoms with van der Waals surface area (Å²) in [4.78, 5) is 3.82. The molecule has 0 amide bonds. The number of benzene rings is 1. The second-order valence-electron chi connectivity index (χ2n) is 2.87. The van der Waals surface area contributed by atoms with Crippen LogP contribution in [-0.4, -0.2) is 10.1 Å². The Labute approximate surface area is 78.8 Å².